The number of rotatable bonds is 9. The summed E-state index contributed by atoms with van der Waals surface area (Å²) in [5.41, 5.74) is 5.09. The van der Waals surface area contributed by atoms with E-state index in [-0.39, 0.29) is 46.4 Å². The Morgan fingerprint density at radius 3 is 2.25 bits per heavy atom. The van der Waals surface area contributed by atoms with Crippen molar-refractivity contribution >= 4 is 64.3 Å². The van der Waals surface area contributed by atoms with Gasteiger partial charge in [-0.05, 0) is 74.5 Å². The average molecular weight is 894 g/mol. The number of anilines is 1. The van der Waals surface area contributed by atoms with Crippen LogP contribution in [-0.2, 0) is 4.74 Å². The second kappa shape index (κ2) is 15.3. The van der Waals surface area contributed by atoms with Gasteiger partial charge in [-0.1, -0.05) is 94.3 Å². The van der Waals surface area contributed by atoms with E-state index in [4.69, 9.17) is 24.4 Å². The lowest BCUT2D eigenvalue weighted by Crippen LogP contribution is -2.57. The summed E-state index contributed by atoms with van der Waals surface area (Å²) < 4.78 is 46.4. The van der Waals surface area contributed by atoms with E-state index in [1.807, 2.05) is 37.8 Å². The van der Waals surface area contributed by atoms with Gasteiger partial charge in [0.25, 0.3) is 0 Å². The highest BCUT2D eigenvalue weighted by Crippen LogP contribution is 2.48. The maximum absolute atomic E-state index is 17.4. The van der Waals surface area contributed by atoms with Gasteiger partial charge in [-0.2, -0.15) is 9.97 Å². The molecule has 12 heteroatoms. The molecule has 8 nitrogen and oxygen atoms in total. The van der Waals surface area contributed by atoms with E-state index in [2.05, 4.69) is 80.5 Å². The summed E-state index contributed by atoms with van der Waals surface area (Å²) in [5, 5.41) is 1.73. The number of carbonyl (C=O) groups excluding carboxylic acids is 1. The van der Waals surface area contributed by atoms with Gasteiger partial charge in [-0.3, -0.25) is 9.88 Å². The molecule has 298 valence electrons. The maximum Gasteiger partial charge on any atom is 0.410 e. The van der Waals surface area contributed by atoms with Crippen LogP contribution in [0.3, 0.4) is 0 Å². The fourth-order valence-corrected chi connectivity index (χ4v) is 15.4. The third kappa shape index (κ3) is 7.47. The molecular weight excluding hydrogens is 840 g/mol. The van der Waals surface area contributed by atoms with Crippen molar-refractivity contribution in [3.8, 4) is 28.7 Å². The van der Waals surface area contributed by atoms with Crippen molar-refractivity contribution in [1.82, 2.24) is 19.9 Å². The van der Waals surface area contributed by atoms with Crippen LogP contribution in [0.25, 0.3) is 32.9 Å². The fraction of sp³-hybridized carbons (Fsp3) is 0.545. The predicted octanol–water partition coefficient (Wildman–Crippen LogP) is 10.9. The highest BCUT2D eigenvalue weighted by atomic mass is 127. The molecule has 1 amide bonds. The molecule has 2 aliphatic heterocycles. The van der Waals surface area contributed by atoms with E-state index in [9.17, 15) is 4.79 Å². The van der Waals surface area contributed by atoms with Gasteiger partial charge in [0.15, 0.2) is 5.82 Å². The smallest absolute Gasteiger partial charge is 0.410 e. The molecule has 4 aromatic rings. The first kappa shape index (κ1) is 40.6. The number of carbonyl (C=O) groups is 1. The standard InChI is InChI=1S/C44H54F2IN5O3Si/c1-26(2)56(27(3)4,28(5)6)20-17-32-35(45)16-13-29-11-10-12-33(36(29)32)38-37(46)39-34(21-48-38)40(50-41(49-39)54-25-44(24-47)18-19-44)51-22-30-14-15-31(23-51)52(30)42(53)55-43(7,8)9/h10-13,16,21,26-28,30-31H,14-15,18-19,22-25H2,1-9H3. The van der Waals surface area contributed by atoms with Crippen molar-refractivity contribution in [3.63, 3.8) is 0 Å². The minimum Gasteiger partial charge on any atom is -0.463 e. The third-order valence-corrected chi connectivity index (χ3v) is 20.2. The topological polar surface area (TPSA) is 80.7 Å². The summed E-state index contributed by atoms with van der Waals surface area (Å²) in [7, 11) is -2.22. The number of pyridine rings is 1. The number of halogens is 3. The van der Waals surface area contributed by atoms with Crippen molar-refractivity contribution < 1.29 is 23.0 Å². The van der Waals surface area contributed by atoms with Crippen molar-refractivity contribution in [2.75, 3.05) is 29.0 Å². The molecule has 1 saturated carbocycles. The molecule has 4 heterocycles. The van der Waals surface area contributed by atoms with Gasteiger partial charge in [-0.25, -0.2) is 13.6 Å². The Kier molecular flexibility index (Phi) is 11.1. The molecule has 7 rings (SSSR count). The Bertz CT molecular complexity index is 2190. The number of alkyl halides is 1. The van der Waals surface area contributed by atoms with Crippen molar-refractivity contribution in [2.45, 2.75) is 122 Å². The molecule has 0 radical (unpaired) electrons. The SMILES string of the molecule is CC(C)[Si](C#Cc1c(F)ccc2cccc(-c3ncc4c(N5CC6CCC(C5)N6C(=O)OC(C)(C)C)nc(OCC5(CI)CC5)nc4c3F)c12)(C(C)C)C(C)C. The Morgan fingerprint density at radius 1 is 1.00 bits per heavy atom. The summed E-state index contributed by atoms with van der Waals surface area (Å²) >= 11 is 2.39. The maximum atomic E-state index is 17.4. The molecular formula is C44H54F2IN5O3Si. The quantitative estimate of drug-likeness (QED) is 0.0716. The molecule has 3 fully saturated rings. The van der Waals surface area contributed by atoms with Crippen LogP contribution in [-0.4, -0.2) is 75.8 Å². The Hall–Kier alpha value is -3.57. The van der Waals surface area contributed by atoms with Gasteiger partial charge in [0, 0.05) is 40.1 Å². The van der Waals surface area contributed by atoms with Gasteiger partial charge < -0.3 is 14.4 Å². The summed E-state index contributed by atoms with van der Waals surface area (Å²) in [5.74, 6) is 2.80. The van der Waals surface area contributed by atoms with E-state index in [1.54, 1.807) is 18.3 Å². The van der Waals surface area contributed by atoms with Gasteiger partial charge >= 0.3 is 12.1 Å². The molecule has 0 N–H and O–H groups in total. The minimum absolute atomic E-state index is 0.0631. The van der Waals surface area contributed by atoms with Crippen LogP contribution in [0.4, 0.5) is 19.4 Å². The fourth-order valence-electron chi connectivity index (χ4n) is 9.19. The van der Waals surface area contributed by atoms with Crippen LogP contribution in [0.5, 0.6) is 6.01 Å². The largest absolute Gasteiger partial charge is 0.463 e. The second-order valence-electron chi connectivity index (χ2n) is 18.1. The van der Waals surface area contributed by atoms with Crippen LogP contribution in [0.1, 0.15) is 93.6 Å². The summed E-state index contributed by atoms with van der Waals surface area (Å²) in [6.45, 7) is 20.4. The number of hydrogen-bond donors (Lipinski definition) is 0. The number of ether oxygens (including phenoxy) is 2. The van der Waals surface area contributed by atoms with Gasteiger partial charge in [-0.15, -0.1) is 5.54 Å². The molecule has 2 aromatic carbocycles. The normalized spacial score (nSPS) is 19.3. The van der Waals surface area contributed by atoms with E-state index >= 15 is 8.78 Å². The third-order valence-electron chi connectivity index (χ3n) is 12.3. The highest BCUT2D eigenvalue weighted by Gasteiger charge is 2.46. The number of benzene rings is 2. The summed E-state index contributed by atoms with van der Waals surface area (Å²) in [6, 6.07) is 8.63. The first-order chi connectivity index (χ1) is 26.5. The number of fused-ring (bicyclic) bond motifs is 4. The van der Waals surface area contributed by atoms with Crippen LogP contribution < -0.4 is 9.64 Å². The van der Waals surface area contributed by atoms with Crippen molar-refractivity contribution in [3.05, 3.63) is 53.7 Å². The van der Waals surface area contributed by atoms with Crippen LogP contribution >= 0.6 is 22.6 Å². The zero-order valence-electron chi connectivity index (χ0n) is 34.1. The molecule has 2 bridgehead atoms. The molecule has 56 heavy (non-hydrogen) atoms. The van der Waals surface area contributed by atoms with E-state index in [1.165, 1.54) is 6.07 Å². The average Bonchev–Trinajstić information content (AvgIpc) is 3.87. The first-order valence-corrected chi connectivity index (χ1v) is 23.8. The van der Waals surface area contributed by atoms with E-state index in [0.717, 1.165) is 35.5 Å². The summed E-state index contributed by atoms with van der Waals surface area (Å²) in [6.07, 6.45) is 5.10. The number of nitrogens with zero attached hydrogens (tertiary/aromatic N) is 5. The summed E-state index contributed by atoms with van der Waals surface area (Å²) in [4.78, 5) is 31.6. The lowest BCUT2D eigenvalue weighted by molar-refractivity contribution is 0.0122. The van der Waals surface area contributed by atoms with Gasteiger partial charge in [0.1, 0.15) is 36.5 Å². The molecule has 2 aromatic heterocycles. The van der Waals surface area contributed by atoms with Crippen LogP contribution in [0.15, 0.2) is 36.5 Å². The molecule has 0 spiro atoms. The lowest BCUT2D eigenvalue weighted by Gasteiger charge is -2.42. The zero-order chi connectivity index (χ0) is 40.3. The zero-order valence-corrected chi connectivity index (χ0v) is 37.3. The molecule has 2 saturated heterocycles. The van der Waals surface area contributed by atoms with Gasteiger partial charge in [0.05, 0.1) is 29.6 Å². The minimum atomic E-state index is -2.22. The second-order valence-corrected chi connectivity index (χ2v) is 24.4. The predicted molar refractivity (Wildman–Crippen MR) is 231 cm³/mol. The molecule has 2 atom stereocenters. The Morgan fingerprint density at radius 2 is 1.66 bits per heavy atom. The van der Waals surface area contributed by atoms with Crippen molar-refractivity contribution in [1.29, 1.82) is 0 Å². The van der Waals surface area contributed by atoms with E-state index in [0.29, 0.717) is 58.5 Å². The number of piperazine rings is 1. The van der Waals surface area contributed by atoms with Crippen molar-refractivity contribution in [2.24, 2.45) is 5.41 Å². The molecule has 1 aliphatic carbocycles. The number of amides is 1. The first-order valence-electron chi connectivity index (χ1n) is 20.0. The van der Waals surface area contributed by atoms with Gasteiger partial charge in [0.2, 0.25) is 0 Å². The molecule has 3 aliphatic rings. The molecule has 2 unspecified atom stereocenters. The van der Waals surface area contributed by atoms with Crippen LogP contribution in [0, 0.1) is 28.5 Å². The number of aromatic nitrogens is 3. The Labute approximate surface area is 344 Å². The highest BCUT2D eigenvalue weighted by molar-refractivity contribution is 14.1. The lowest BCUT2D eigenvalue weighted by atomic mass is 9.96. The van der Waals surface area contributed by atoms with E-state index < -0.39 is 25.3 Å². The number of hydrogen-bond acceptors (Lipinski definition) is 7. The van der Waals surface area contributed by atoms with Crippen LogP contribution in [0.2, 0.25) is 16.6 Å². The Balaban J connectivity index is 1.35. The monoisotopic (exact) mass is 893 g/mol.